The molecule has 1 radical (unpaired) electrons. The van der Waals surface area contributed by atoms with Crippen molar-refractivity contribution in [3.8, 4) is 0 Å². The van der Waals surface area contributed by atoms with E-state index in [1.54, 1.807) is 0 Å². The van der Waals surface area contributed by atoms with Crippen molar-refractivity contribution in [3.05, 3.63) is 12.7 Å². The first-order valence-electron chi connectivity index (χ1n) is 5.70. The lowest BCUT2D eigenvalue weighted by atomic mass is 10.6. The van der Waals surface area contributed by atoms with Crippen molar-refractivity contribution in [1.82, 2.24) is 0 Å². The summed E-state index contributed by atoms with van der Waals surface area (Å²) >= 11 is 0. The Labute approximate surface area is 85.1 Å². The monoisotopic (exact) mass is 201 g/mol. The molecule has 0 amide bonds. The van der Waals surface area contributed by atoms with E-state index in [2.05, 4.69) is 33.4 Å². The molecule has 0 atom stereocenters. The van der Waals surface area contributed by atoms with Crippen molar-refractivity contribution in [2.45, 2.75) is 40.0 Å². The van der Waals surface area contributed by atoms with Crippen molar-refractivity contribution in [3.63, 3.8) is 0 Å². The van der Waals surface area contributed by atoms with Crippen LogP contribution in [0.4, 0.5) is 0 Å². The van der Waals surface area contributed by atoms with E-state index in [-0.39, 0.29) is 0 Å². The van der Waals surface area contributed by atoms with Gasteiger partial charge in [0.05, 0.1) is 0 Å². The average molecular weight is 201 g/mol. The SMILES string of the molecule is C=CC[P](CCC)(CCC)CCC. The Kier molecular flexibility index (Phi) is 7.66. The molecule has 0 aromatic heterocycles. The molecule has 0 unspecified atom stereocenters. The minimum atomic E-state index is -0.614. The lowest BCUT2D eigenvalue weighted by molar-refractivity contribution is 0.994. The fraction of sp³-hybridized carbons (Fsp3) is 0.833. The molecule has 0 fully saturated rings. The maximum atomic E-state index is 3.92. The zero-order chi connectivity index (χ0) is 10.2. The molecule has 0 aliphatic heterocycles. The fourth-order valence-corrected chi connectivity index (χ4v) is 6.92. The second kappa shape index (κ2) is 7.56. The van der Waals surface area contributed by atoms with Crippen LogP contribution in [0.3, 0.4) is 0 Å². The molecule has 0 aromatic rings. The van der Waals surface area contributed by atoms with Crippen molar-refractivity contribution in [1.29, 1.82) is 0 Å². The molecule has 0 bridgehead atoms. The van der Waals surface area contributed by atoms with Gasteiger partial charge in [-0.25, -0.2) is 0 Å². The fourth-order valence-electron chi connectivity index (χ4n) is 2.31. The maximum Gasteiger partial charge on any atom is -0.0181 e. The highest BCUT2D eigenvalue weighted by Gasteiger charge is 2.22. The summed E-state index contributed by atoms with van der Waals surface area (Å²) in [6.45, 7) is 10.9. The second-order valence-electron chi connectivity index (χ2n) is 3.98. The summed E-state index contributed by atoms with van der Waals surface area (Å²) in [5.41, 5.74) is 0. The summed E-state index contributed by atoms with van der Waals surface area (Å²) < 4.78 is 0. The minimum absolute atomic E-state index is 0.614. The highest BCUT2D eigenvalue weighted by molar-refractivity contribution is 7.76. The Bertz CT molecular complexity index is 112. The quantitative estimate of drug-likeness (QED) is 0.403. The summed E-state index contributed by atoms with van der Waals surface area (Å²) in [7, 11) is -0.614. The Hall–Kier alpha value is 0.170. The zero-order valence-corrected chi connectivity index (χ0v) is 10.6. The molecule has 1 heteroatoms. The molecule has 0 aromatic carbocycles. The largest absolute Gasteiger partial charge is 0.122 e. The van der Waals surface area contributed by atoms with E-state index in [0.717, 1.165) is 0 Å². The van der Waals surface area contributed by atoms with Gasteiger partial charge in [0.1, 0.15) is 0 Å². The topological polar surface area (TPSA) is 0 Å². The van der Waals surface area contributed by atoms with E-state index in [4.69, 9.17) is 0 Å². The van der Waals surface area contributed by atoms with Gasteiger partial charge in [0, 0.05) is 0 Å². The van der Waals surface area contributed by atoms with Crippen molar-refractivity contribution >= 4 is 7.26 Å². The van der Waals surface area contributed by atoms with Crippen LogP contribution in [0.1, 0.15) is 40.0 Å². The predicted molar refractivity (Wildman–Crippen MR) is 67.5 cm³/mol. The van der Waals surface area contributed by atoms with Gasteiger partial charge in [-0.3, -0.25) is 0 Å². The maximum absolute atomic E-state index is 3.92. The summed E-state index contributed by atoms with van der Waals surface area (Å²) in [6.07, 6.45) is 12.0. The molecule has 0 saturated carbocycles. The van der Waals surface area contributed by atoms with Crippen LogP contribution in [0, 0.1) is 0 Å². The van der Waals surface area contributed by atoms with Crippen LogP contribution in [0.25, 0.3) is 0 Å². The molecular weight excluding hydrogens is 175 g/mol. The van der Waals surface area contributed by atoms with Gasteiger partial charge in [-0.1, -0.05) is 46.1 Å². The third-order valence-corrected chi connectivity index (χ3v) is 7.83. The van der Waals surface area contributed by atoms with Crippen LogP contribution < -0.4 is 0 Å². The first kappa shape index (κ1) is 13.2. The standard InChI is InChI=1S/C12H26P/c1-5-9-13(10-6-2,11-7-3)12-8-4/h5H,1,6-12H2,2-4H3. The summed E-state index contributed by atoms with van der Waals surface area (Å²) in [6, 6.07) is 0. The molecule has 0 spiro atoms. The van der Waals surface area contributed by atoms with Crippen LogP contribution in [0.5, 0.6) is 0 Å². The smallest absolute Gasteiger partial charge is 0.0181 e. The molecule has 0 N–H and O–H groups in total. The van der Waals surface area contributed by atoms with Crippen LogP contribution in [-0.2, 0) is 0 Å². The first-order chi connectivity index (χ1) is 6.24. The zero-order valence-electron chi connectivity index (χ0n) is 9.68. The Balaban J connectivity index is 4.27. The van der Waals surface area contributed by atoms with Crippen LogP contribution >= 0.6 is 7.26 Å². The van der Waals surface area contributed by atoms with Crippen LogP contribution in [0.2, 0.25) is 0 Å². The molecule has 0 heterocycles. The van der Waals surface area contributed by atoms with E-state index >= 15 is 0 Å². The minimum Gasteiger partial charge on any atom is -0.122 e. The third-order valence-electron chi connectivity index (χ3n) is 2.61. The molecule has 0 nitrogen and oxygen atoms in total. The molecule has 0 aliphatic rings. The Morgan fingerprint density at radius 1 is 0.923 bits per heavy atom. The summed E-state index contributed by atoms with van der Waals surface area (Å²) in [5.74, 6) is 0. The van der Waals surface area contributed by atoms with Gasteiger partial charge in [0.25, 0.3) is 0 Å². The van der Waals surface area contributed by atoms with Gasteiger partial charge < -0.3 is 0 Å². The van der Waals surface area contributed by atoms with Crippen molar-refractivity contribution < 1.29 is 0 Å². The van der Waals surface area contributed by atoms with Gasteiger partial charge in [-0.05, 0) is 24.6 Å². The Morgan fingerprint density at radius 2 is 1.31 bits per heavy atom. The average Bonchev–Trinajstić information content (AvgIpc) is 2.06. The van der Waals surface area contributed by atoms with Crippen molar-refractivity contribution in [2.24, 2.45) is 0 Å². The van der Waals surface area contributed by atoms with Crippen LogP contribution in [0.15, 0.2) is 12.7 Å². The molecule has 79 valence electrons. The highest BCUT2D eigenvalue weighted by atomic mass is 31.2. The third kappa shape index (κ3) is 4.81. The van der Waals surface area contributed by atoms with E-state index in [1.807, 2.05) is 0 Å². The lowest BCUT2D eigenvalue weighted by Crippen LogP contribution is -2.10. The van der Waals surface area contributed by atoms with Gasteiger partial charge in [0.2, 0.25) is 0 Å². The van der Waals surface area contributed by atoms with Crippen molar-refractivity contribution in [2.75, 3.05) is 24.6 Å². The predicted octanol–water partition coefficient (Wildman–Crippen LogP) is 4.42. The lowest BCUT2D eigenvalue weighted by Gasteiger charge is -2.35. The van der Waals surface area contributed by atoms with Gasteiger partial charge in [0.15, 0.2) is 0 Å². The van der Waals surface area contributed by atoms with Gasteiger partial charge >= 0.3 is 0 Å². The number of rotatable bonds is 8. The van der Waals surface area contributed by atoms with E-state index in [1.165, 1.54) is 43.9 Å². The van der Waals surface area contributed by atoms with Crippen LogP contribution in [-0.4, -0.2) is 24.6 Å². The number of hydrogen-bond acceptors (Lipinski definition) is 0. The normalized spacial score (nSPS) is 11.6. The van der Waals surface area contributed by atoms with E-state index in [9.17, 15) is 0 Å². The molecular formula is C12H26P. The molecule has 0 aliphatic carbocycles. The first-order valence-corrected chi connectivity index (χ1v) is 8.23. The van der Waals surface area contributed by atoms with Gasteiger partial charge in [-0.2, -0.15) is 0 Å². The molecule has 13 heavy (non-hydrogen) atoms. The van der Waals surface area contributed by atoms with E-state index in [0.29, 0.717) is 0 Å². The second-order valence-corrected chi connectivity index (χ2v) is 8.37. The number of hydrogen-bond donors (Lipinski definition) is 0. The molecule has 0 saturated heterocycles. The van der Waals surface area contributed by atoms with Gasteiger partial charge in [-0.15, -0.1) is 13.8 Å². The summed E-state index contributed by atoms with van der Waals surface area (Å²) in [5, 5.41) is 0. The number of allylic oxidation sites excluding steroid dienone is 1. The molecule has 0 rings (SSSR count). The highest BCUT2D eigenvalue weighted by Crippen LogP contribution is 2.59. The van der Waals surface area contributed by atoms with E-state index < -0.39 is 7.26 Å². The Morgan fingerprint density at radius 3 is 1.54 bits per heavy atom. The summed E-state index contributed by atoms with van der Waals surface area (Å²) in [4.78, 5) is 0.